The fourth-order valence-corrected chi connectivity index (χ4v) is 8.62. The number of non-ortho nitro benzene ring substituents is 1. The summed E-state index contributed by atoms with van der Waals surface area (Å²) in [6.45, 7) is 0. The molecule has 0 amide bonds. The van der Waals surface area contributed by atoms with Crippen molar-refractivity contribution >= 4 is 236 Å². The van der Waals surface area contributed by atoms with Crippen molar-refractivity contribution in [2.45, 2.75) is 0 Å². The first kappa shape index (κ1) is 40.8. The molecule has 0 spiro atoms. The van der Waals surface area contributed by atoms with Crippen molar-refractivity contribution < 1.29 is 4.92 Å². The number of nitrogens with zero attached hydrogens (tertiary/aromatic N) is 3. The van der Waals surface area contributed by atoms with Crippen LogP contribution in [0.25, 0.3) is 77.2 Å². The Hall–Kier alpha value is -5.55. The van der Waals surface area contributed by atoms with Crippen LogP contribution in [0.5, 0.6) is 0 Å². The third kappa shape index (κ3) is 5.68. The van der Waals surface area contributed by atoms with Gasteiger partial charge >= 0.3 is 0 Å². The number of para-hydroxylation sites is 2. The van der Waals surface area contributed by atoms with Gasteiger partial charge in [-0.05, 0) is 40.8 Å². The SMILES string of the molecule is [B]c1c([B])c([B])c(-c2cc([N+](=O)[O-])cc(-c3c([B])c([B])c([B])c([B])c3[B])c2-n2c3ccccc3c3c(-n4c5ccccc5c5c([B])c([B])c([B])c([B])c54)cccc32)c([B])c1[B]. The first-order valence-corrected chi connectivity index (χ1v) is 18.5. The van der Waals surface area contributed by atoms with Crippen LogP contribution in [0.2, 0.25) is 0 Å². The fraction of sp³-hybridized carbons (Fsp3) is 0. The van der Waals surface area contributed by atoms with E-state index in [4.69, 9.17) is 110 Å². The van der Waals surface area contributed by atoms with Gasteiger partial charge in [-0.1, -0.05) is 75.2 Å². The third-order valence-corrected chi connectivity index (χ3v) is 11.7. The number of rotatable bonds is 5. The van der Waals surface area contributed by atoms with Gasteiger partial charge in [0.25, 0.3) is 5.69 Å². The van der Waals surface area contributed by atoms with E-state index < -0.39 is 10.6 Å². The lowest BCUT2D eigenvalue weighted by Crippen LogP contribution is -2.55. The van der Waals surface area contributed by atoms with Crippen molar-refractivity contribution in [3.8, 4) is 33.6 Å². The van der Waals surface area contributed by atoms with Crippen LogP contribution in [0.1, 0.15) is 0 Å². The summed E-state index contributed by atoms with van der Waals surface area (Å²) in [4.78, 5) is 12.3. The number of hydrogen-bond donors (Lipinski definition) is 0. The average molecular weight is 743 g/mol. The summed E-state index contributed by atoms with van der Waals surface area (Å²) < 4.78 is 3.86. The zero-order valence-electron chi connectivity index (χ0n) is 32.2. The summed E-state index contributed by atoms with van der Waals surface area (Å²) in [6, 6.07) is 23.5. The molecule has 0 saturated carbocycles. The molecule has 0 fully saturated rings. The van der Waals surface area contributed by atoms with Gasteiger partial charge in [0.05, 0.1) is 32.8 Å². The Morgan fingerprint density at radius 3 is 1.30 bits per heavy atom. The highest BCUT2D eigenvalue weighted by molar-refractivity contribution is 6.71. The molecule has 19 heteroatoms. The van der Waals surface area contributed by atoms with E-state index in [0.717, 1.165) is 16.3 Å². The normalized spacial score (nSPS) is 11.7. The molecule has 9 rings (SSSR count). The molecule has 0 atom stereocenters. The Bertz CT molecular complexity index is 3320. The lowest BCUT2D eigenvalue weighted by atomic mass is 9.58. The first-order valence-electron chi connectivity index (χ1n) is 18.5. The quantitative estimate of drug-likeness (QED) is 0.100. The van der Waals surface area contributed by atoms with Gasteiger partial charge in [-0.25, -0.2) is 0 Å². The van der Waals surface area contributed by atoms with Crippen molar-refractivity contribution in [3.05, 3.63) is 89.0 Å². The van der Waals surface area contributed by atoms with E-state index in [9.17, 15) is 10.1 Å². The number of aromatic nitrogens is 2. The predicted octanol–water partition coefficient (Wildman–Crippen LogP) is -5.76. The molecular formula is C42H13B14N3O2. The topological polar surface area (TPSA) is 53.0 Å². The van der Waals surface area contributed by atoms with E-state index in [2.05, 4.69) is 0 Å². The van der Waals surface area contributed by atoms with E-state index >= 15 is 0 Å². The Balaban J connectivity index is 1.55. The lowest BCUT2D eigenvalue weighted by molar-refractivity contribution is -0.384. The number of fused-ring (bicyclic) bond motifs is 6. The molecule has 250 valence electrons. The molecule has 5 nitrogen and oxygen atoms in total. The molecule has 2 heterocycles. The van der Waals surface area contributed by atoms with E-state index in [1.807, 2.05) is 75.9 Å². The van der Waals surface area contributed by atoms with Crippen LogP contribution < -0.4 is 76.5 Å². The van der Waals surface area contributed by atoms with Crippen LogP contribution in [-0.4, -0.2) is 124 Å². The van der Waals surface area contributed by atoms with E-state index in [1.165, 1.54) is 12.1 Å². The van der Waals surface area contributed by atoms with Crippen LogP contribution in [0.15, 0.2) is 78.9 Å². The number of hydrogen-bond acceptors (Lipinski definition) is 2. The maximum Gasteiger partial charge on any atom is 0.270 e. The second kappa shape index (κ2) is 14.5. The van der Waals surface area contributed by atoms with E-state index in [0.29, 0.717) is 33.0 Å². The molecule has 7 aromatic carbocycles. The van der Waals surface area contributed by atoms with Crippen molar-refractivity contribution in [3.63, 3.8) is 0 Å². The highest BCUT2D eigenvalue weighted by Crippen LogP contribution is 2.44. The van der Waals surface area contributed by atoms with Gasteiger partial charge in [0, 0.05) is 44.9 Å². The van der Waals surface area contributed by atoms with Gasteiger partial charge in [0.2, 0.25) is 0 Å². The van der Waals surface area contributed by atoms with Gasteiger partial charge in [-0.15, -0.1) is 43.7 Å². The standard InChI is InChI=1S/C42H13B14N3O2/c43-27-24(28(44)33(49)37(53)32(27)48)17-12-14(59(60)61)13-18(25-29(45)34(50)38(54)35(51)30(25)46)41(17)57-19-8-3-1-6-15(19)23-21(57)10-5-11-22(23)58-20-9-4-2-7-16(20)26-31(47)36(52)39(55)40(56)42(26)58/h1-13H. The highest BCUT2D eigenvalue weighted by atomic mass is 16.6. The van der Waals surface area contributed by atoms with Crippen molar-refractivity contribution in [1.29, 1.82) is 0 Å². The molecule has 61 heavy (non-hydrogen) atoms. The Morgan fingerprint density at radius 1 is 0.410 bits per heavy atom. The van der Waals surface area contributed by atoms with Crippen LogP contribution in [0.4, 0.5) is 5.69 Å². The van der Waals surface area contributed by atoms with Crippen molar-refractivity contribution in [2.24, 2.45) is 0 Å². The van der Waals surface area contributed by atoms with E-state index in [1.54, 1.807) is 0 Å². The first-order chi connectivity index (χ1) is 29.0. The molecule has 0 aliphatic carbocycles. The highest BCUT2D eigenvalue weighted by Gasteiger charge is 2.29. The molecule has 0 saturated heterocycles. The molecular weight excluding hydrogens is 730 g/mol. The zero-order chi connectivity index (χ0) is 43.7. The number of nitro groups is 1. The van der Waals surface area contributed by atoms with Gasteiger partial charge in [-0.2, -0.15) is 0 Å². The average Bonchev–Trinajstić information content (AvgIpc) is 3.78. The van der Waals surface area contributed by atoms with Crippen LogP contribution in [0.3, 0.4) is 0 Å². The summed E-state index contributed by atoms with van der Waals surface area (Å²) in [5, 5.41) is 15.7. The second-order valence-electron chi connectivity index (χ2n) is 14.8. The lowest BCUT2D eigenvalue weighted by Gasteiger charge is -2.28. The maximum atomic E-state index is 12.9. The molecule has 0 unspecified atom stereocenters. The summed E-state index contributed by atoms with van der Waals surface area (Å²) >= 11 is 0. The van der Waals surface area contributed by atoms with E-state index in [-0.39, 0.29) is 104 Å². The molecule has 2 aromatic heterocycles. The summed E-state index contributed by atoms with van der Waals surface area (Å²) in [5.74, 6) is 0. The van der Waals surface area contributed by atoms with Crippen LogP contribution in [-0.2, 0) is 0 Å². The Labute approximate surface area is 370 Å². The van der Waals surface area contributed by atoms with Crippen LogP contribution in [0, 0.1) is 10.1 Å². The van der Waals surface area contributed by atoms with Crippen molar-refractivity contribution in [1.82, 2.24) is 9.13 Å². The predicted molar refractivity (Wildman–Crippen MR) is 268 cm³/mol. The fourth-order valence-electron chi connectivity index (χ4n) is 8.62. The molecule has 0 aliphatic rings. The summed E-state index contributed by atoms with van der Waals surface area (Å²) in [6.07, 6.45) is 0. The number of nitro benzene ring substituents is 1. The Kier molecular flexibility index (Phi) is 9.73. The largest absolute Gasteiger partial charge is 0.309 e. The van der Waals surface area contributed by atoms with Gasteiger partial charge in [-0.3, -0.25) is 10.1 Å². The van der Waals surface area contributed by atoms with Gasteiger partial charge < -0.3 is 9.13 Å². The monoisotopic (exact) mass is 745 g/mol. The van der Waals surface area contributed by atoms with Crippen LogP contribution >= 0.6 is 0 Å². The molecule has 0 bridgehead atoms. The molecule has 28 radical (unpaired) electrons. The smallest absolute Gasteiger partial charge is 0.270 e. The van der Waals surface area contributed by atoms with Crippen molar-refractivity contribution in [2.75, 3.05) is 0 Å². The Morgan fingerprint density at radius 2 is 0.803 bits per heavy atom. The third-order valence-electron chi connectivity index (χ3n) is 11.7. The zero-order valence-corrected chi connectivity index (χ0v) is 32.2. The minimum Gasteiger partial charge on any atom is -0.309 e. The summed E-state index contributed by atoms with van der Waals surface area (Å²) in [7, 11) is 91.7. The maximum absolute atomic E-state index is 12.9. The van der Waals surface area contributed by atoms with Gasteiger partial charge in [0.1, 0.15) is 110 Å². The molecule has 0 N–H and O–H groups in total. The summed E-state index contributed by atoms with van der Waals surface area (Å²) in [5.41, 5.74) is 3.28. The minimum atomic E-state index is -0.593. The van der Waals surface area contributed by atoms with Gasteiger partial charge in [0.15, 0.2) is 0 Å². The minimum absolute atomic E-state index is 0.0541. The number of benzene rings is 7. The molecule has 0 aliphatic heterocycles. The molecule has 9 aromatic rings. The second-order valence-corrected chi connectivity index (χ2v) is 14.8.